The summed E-state index contributed by atoms with van der Waals surface area (Å²) in [5.74, 6) is -1.17. The molecule has 0 bridgehead atoms. The molecule has 0 fully saturated rings. The third-order valence-corrected chi connectivity index (χ3v) is 3.07. The third-order valence-electron chi connectivity index (χ3n) is 2.30. The monoisotopic (exact) mass is 236 g/mol. The number of nitrogens with zero attached hydrogens (tertiary/aromatic N) is 2. The number of thiazole rings is 1. The van der Waals surface area contributed by atoms with Crippen LogP contribution in [0.2, 0.25) is 0 Å². The molecule has 0 amide bonds. The Balaban J connectivity index is 2.19. The molecular formula is C11H6F2N2S. The van der Waals surface area contributed by atoms with Gasteiger partial charge >= 0.3 is 0 Å². The van der Waals surface area contributed by atoms with Crippen molar-refractivity contribution in [3.63, 3.8) is 0 Å². The summed E-state index contributed by atoms with van der Waals surface area (Å²) in [4.78, 5) is 5.04. The normalized spacial score (nSPS) is 11.1. The predicted molar refractivity (Wildman–Crippen MR) is 58.4 cm³/mol. The van der Waals surface area contributed by atoms with Crippen LogP contribution in [-0.2, 0) is 0 Å². The number of aromatic nitrogens is 2. The van der Waals surface area contributed by atoms with E-state index in [0.29, 0.717) is 11.3 Å². The van der Waals surface area contributed by atoms with Gasteiger partial charge in [-0.3, -0.25) is 4.40 Å². The topological polar surface area (TPSA) is 17.3 Å². The molecule has 3 rings (SSSR count). The van der Waals surface area contributed by atoms with Gasteiger partial charge in [0, 0.05) is 29.4 Å². The molecule has 5 heteroatoms. The smallest absolute Gasteiger partial charge is 0.194 e. The van der Waals surface area contributed by atoms with Gasteiger partial charge < -0.3 is 0 Å². The highest BCUT2D eigenvalue weighted by Crippen LogP contribution is 2.24. The third kappa shape index (κ3) is 1.40. The first-order valence-electron chi connectivity index (χ1n) is 4.62. The minimum absolute atomic E-state index is 0.317. The van der Waals surface area contributed by atoms with Crippen LogP contribution in [0.3, 0.4) is 0 Å². The predicted octanol–water partition coefficient (Wildman–Crippen LogP) is 3.34. The van der Waals surface area contributed by atoms with Gasteiger partial charge in [-0.1, -0.05) is 0 Å². The Kier molecular flexibility index (Phi) is 2.00. The lowest BCUT2D eigenvalue weighted by Crippen LogP contribution is -1.85. The van der Waals surface area contributed by atoms with Gasteiger partial charge in [0.15, 0.2) is 4.96 Å². The van der Waals surface area contributed by atoms with E-state index in [2.05, 4.69) is 4.98 Å². The van der Waals surface area contributed by atoms with Gasteiger partial charge in [0.1, 0.15) is 11.6 Å². The first-order valence-corrected chi connectivity index (χ1v) is 5.49. The van der Waals surface area contributed by atoms with Gasteiger partial charge in [0.25, 0.3) is 0 Å². The van der Waals surface area contributed by atoms with Crippen molar-refractivity contribution in [1.29, 1.82) is 0 Å². The second kappa shape index (κ2) is 3.38. The lowest BCUT2D eigenvalue weighted by molar-refractivity contribution is 0.585. The summed E-state index contributed by atoms with van der Waals surface area (Å²) in [5, 5.41) is 1.90. The minimum atomic E-state index is -0.592. The van der Waals surface area contributed by atoms with Crippen molar-refractivity contribution in [2.75, 3.05) is 0 Å². The first-order chi connectivity index (χ1) is 7.74. The molecule has 0 saturated carbocycles. The Labute approximate surface area is 93.8 Å². The van der Waals surface area contributed by atoms with Gasteiger partial charge in [0.05, 0.1) is 5.69 Å². The fourth-order valence-electron chi connectivity index (χ4n) is 1.55. The van der Waals surface area contributed by atoms with E-state index in [1.54, 1.807) is 6.20 Å². The average Bonchev–Trinajstić information content (AvgIpc) is 2.76. The molecule has 0 unspecified atom stereocenters. The van der Waals surface area contributed by atoms with Crippen LogP contribution in [0.5, 0.6) is 0 Å². The summed E-state index contributed by atoms with van der Waals surface area (Å²) >= 11 is 1.47. The number of fused-ring (bicyclic) bond motifs is 1. The molecule has 3 aromatic rings. The quantitative estimate of drug-likeness (QED) is 0.633. The molecule has 80 valence electrons. The molecular weight excluding hydrogens is 230 g/mol. The highest BCUT2D eigenvalue weighted by molar-refractivity contribution is 7.15. The van der Waals surface area contributed by atoms with Gasteiger partial charge in [-0.05, 0) is 12.1 Å². The minimum Gasteiger partial charge on any atom is -0.297 e. The SMILES string of the molecule is Fc1ccc(-c2cn3ccsc3n2)c(F)c1. The summed E-state index contributed by atoms with van der Waals surface area (Å²) < 4.78 is 28.0. The highest BCUT2D eigenvalue weighted by Gasteiger charge is 2.10. The molecule has 2 aromatic heterocycles. The number of halogens is 2. The molecule has 1 aromatic carbocycles. The van der Waals surface area contributed by atoms with Crippen molar-refractivity contribution < 1.29 is 8.78 Å². The standard InChI is InChI=1S/C11H6F2N2S/c12-7-1-2-8(9(13)5-7)10-6-15-3-4-16-11(15)14-10/h1-6H. The maximum atomic E-state index is 13.5. The van der Waals surface area contributed by atoms with E-state index in [9.17, 15) is 8.78 Å². The van der Waals surface area contributed by atoms with Crippen molar-refractivity contribution in [3.8, 4) is 11.3 Å². The van der Waals surface area contributed by atoms with E-state index in [0.717, 1.165) is 11.0 Å². The Morgan fingerprint density at radius 2 is 2.12 bits per heavy atom. The number of benzene rings is 1. The number of hydrogen-bond acceptors (Lipinski definition) is 2. The molecule has 0 aliphatic heterocycles. The average molecular weight is 236 g/mol. The van der Waals surface area contributed by atoms with Crippen LogP contribution < -0.4 is 0 Å². The van der Waals surface area contributed by atoms with Crippen molar-refractivity contribution >= 4 is 16.3 Å². The maximum absolute atomic E-state index is 13.5. The van der Waals surface area contributed by atoms with Gasteiger partial charge in [-0.15, -0.1) is 11.3 Å². The highest BCUT2D eigenvalue weighted by atomic mass is 32.1. The summed E-state index contributed by atoms with van der Waals surface area (Å²) in [7, 11) is 0. The maximum Gasteiger partial charge on any atom is 0.194 e. The summed E-state index contributed by atoms with van der Waals surface area (Å²) in [6, 6.07) is 3.49. The van der Waals surface area contributed by atoms with E-state index in [1.165, 1.54) is 23.5 Å². The van der Waals surface area contributed by atoms with E-state index >= 15 is 0 Å². The Hall–Kier alpha value is -1.75. The van der Waals surface area contributed by atoms with Crippen LogP contribution in [0, 0.1) is 11.6 Å². The summed E-state index contributed by atoms with van der Waals surface area (Å²) in [6.07, 6.45) is 3.57. The van der Waals surface area contributed by atoms with Gasteiger partial charge in [-0.2, -0.15) is 0 Å². The largest absolute Gasteiger partial charge is 0.297 e. The van der Waals surface area contributed by atoms with Crippen LogP contribution in [-0.4, -0.2) is 9.38 Å². The fraction of sp³-hybridized carbons (Fsp3) is 0. The van der Waals surface area contributed by atoms with E-state index in [4.69, 9.17) is 0 Å². The van der Waals surface area contributed by atoms with Crippen molar-refractivity contribution in [1.82, 2.24) is 9.38 Å². The summed E-state index contributed by atoms with van der Waals surface area (Å²) in [5.41, 5.74) is 0.835. The zero-order valence-electron chi connectivity index (χ0n) is 8.02. The molecule has 0 spiro atoms. The van der Waals surface area contributed by atoms with Crippen LogP contribution in [0.25, 0.3) is 16.2 Å². The Bertz CT molecular complexity index is 628. The second-order valence-electron chi connectivity index (χ2n) is 3.34. The van der Waals surface area contributed by atoms with E-state index < -0.39 is 11.6 Å². The molecule has 0 N–H and O–H groups in total. The molecule has 0 aliphatic rings. The molecule has 2 nitrogen and oxygen atoms in total. The van der Waals surface area contributed by atoms with Gasteiger partial charge in [-0.25, -0.2) is 13.8 Å². The number of imidazole rings is 1. The first kappa shape index (κ1) is 9.47. The van der Waals surface area contributed by atoms with Crippen LogP contribution in [0.4, 0.5) is 8.78 Å². The molecule has 0 atom stereocenters. The van der Waals surface area contributed by atoms with Gasteiger partial charge in [0.2, 0.25) is 0 Å². The second-order valence-corrected chi connectivity index (χ2v) is 4.22. The lowest BCUT2D eigenvalue weighted by atomic mass is 10.1. The molecule has 2 heterocycles. The van der Waals surface area contributed by atoms with Crippen molar-refractivity contribution in [3.05, 3.63) is 47.6 Å². The Morgan fingerprint density at radius 3 is 2.88 bits per heavy atom. The lowest BCUT2D eigenvalue weighted by Gasteiger charge is -1.98. The van der Waals surface area contributed by atoms with Crippen LogP contribution in [0.1, 0.15) is 0 Å². The fourth-order valence-corrected chi connectivity index (χ4v) is 2.25. The van der Waals surface area contributed by atoms with Crippen molar-refractivity contribution in [2.45, 2.75) is 0 Å². The molecule has 16 heavy (non-hydrogen) atoms. The zero-order chi connectivity index (χ0) is 11.1. The zero-order valence-corrected chi connectivity index (χ0v) is 8.84. The van der Waals surface area contributed by atoms with E-state index in [1.807, 2.05) is 16.0 Å². The summed E-state index contributed by atoms with van der Waals surface area (Å²) in [6.45, 7) is 0. The van der Waals surface area contributed by atoms with Crippen LogP contribution in [0.15, 0.2) is 36.0 Å². The number of hydrogen-bond donors (Lipinski definition) is 0. The molecule has 0 aliphatic carbocycles. The van der Waals surface area contributed by atoms with E-state index in [-0.39, 0.29) is 0 Å². The van der Waals surface area contributed by atoms with Crippen molar-refractivity contribution in [2.24, 2.45) is 0 Å². The van der Waals surface area contributed by atoms with Crippen LogP contribution >= 0.6 is 11.3 Å². The molecule has 0 radical (unpaired) electrons. The molecule has 0 saturated heterocycles. The Morgan fingerprint density at radius 1 is 1.25 bits per heavy atom. The number of rotatable bonds is 1.